The SMILES string of the molecule is Cc1ccc(S(=O)CC(CN)C(F)(F)F)cc1C. The Morgan fingerprint density at radius 2 is 1.89 bits per heavy atom. The van der Waals surface area contributed by atoms with E-state index in [4.69, 9.17) is 5.73 Å². The first-order valence-corrected chi connectivity index (χ1v) is 6.80. The summed E-state index contributed by atoms with van der Waals surface area (Å²) in [6.07, 6.45) is -4.40. The van der Waals surface area contributed by atoms with Crippen molar-refractivity contribution in [2.24, 2.45) is 11.7 Å². The van der Waals surface area contributed by atoms with Crippen molar-refractivity contribution in [3.8, 4) is 0 Å². The van der Waals surface area contributed by atoms with Crippen molar-refractivity contribution < 1.29 is 17.4 Å². The second-order valence-electron chi connectivity index (χ2n) is 4.23. The number of benzene rings is 1. The first-order valence-electron chi connectivity index (χ1n) is 5.48. The van der Waals surface area contributed by atoms with Crippen LogP contribution in [0.25, 0.3) is 0 Å². The van der Waals surface area contributed by atoms with Crippen molar-refractivity contribution in [1.29, 1.82) is 0 Å². The Morgan fingerprint density at radius 1 is 1.28 bits per heavy atom. The van der Waals surface area contributed by atoms with Gasteiger partial charge in [0.25, 0.3) is 0 Å². The third-order valence-electron chi connectivity index (χ3n) is 2.84. The van der Waals surface area contributed by atoms with E-state index in [0.29, 0.717) is 4.90 Å². The molecule has 0 aromatic heterocycles. The molecule has 2 nitrogen and oxygen atoms in total. The molecule has 0 radical (unpaired) electrons. The van der Waals surface area contributed by atoms with Gasteiger partial charge in [0.1, 0.15) is 0 Å². The van der Waals surface area contributed by atoms with Gasteiger partial charge in [-0.3, -0.25) is 4.21 Å². The van der Waals surface area contributed by atoms with Crippen molar-refractivity contribution in [1.82, 2.24) is 0 Å². The maximum absolute atomic E-state index is 12.5. The number of aryl methyl sites for hydroxylation is 2. The van der Waals surface area contributed by atoms with Gasteiger partial charge in [-0.1, -0.05) is 6.07 Å². The summed E-state index contributed by atoms with van der Waals surface area (Å²) in [5.41, 5.74) is 7.01. The molecule has 0 fully saturated rings. The molecule has 0 amide bonds. The molecule has 0 bridgehead atoms. The molecule has 1 aromatic carbocycles. The zero-order valence-corrected chi connectivity index (χ0v) is 11.1. The van der Waals surface area contributed by atoms with Crippen molar-refractivity contribution in [2.45, 2.75) is 24.9 Å². The van der Waals surface area contributed by atoms with Crippen LogP contribution in [0.4, 0.5) is 13.2 Å². The van der Waals surface area contributed by atoms with Gasteiger partial charge in [-0.05, 0) is 37.1 Å². The van der Waals surface area contributed by atoms with E-state index >= 15 is 0 Å². The topological polar surface area (TPSA) is 43.1 Å². The number of hydrogen-bond acceptors (Lipinski definition) is 2. The van der Waals surface area contributed by atoms with Crippen molar-refractivity contribution in [2.75, 3.05) is 12.3 Å². The second kappa shape index (κ2) is 5.84. The fraction of sp³-hybridized carbons (Fsp3) is 0.500. The molecule has 0 aliphatic carbocycles. The third kappa shape index (κ3) is 3.81. The summed E-state index contributed by atoms with van der Waals surface area (Å²) in [6, 6.07) is 5.02. The maximum Gasteiger partial charge on any atom is 0.393 e. The lowest BCUT2D eigenvalue weighted by Crippen LogP contribution is -2.34. The normalized spacial score (nSPS) is 15.4. The van der Waals surface area contributed by atoms with Crippen LogP contribution in [-0.4, -0.2) is 22.7 Å². The highest BCUT2D eigenvalue weighted by Gasteiger charge is 2.39. The van der Waals surface area contributed by atoms with Crippen LogP contribution >= 0.6 is 0 Å². The lowest BCUT2D eigenvalue weighted by Gasteiger charge is -2.18. The van der Waals surface area contributed by atoms with Gasteiger partial charge >= 0.3 is 6.18 Å². The highest BCUT2D eigenvalue weighted by atomic mass is 32.2. The van der Waals surface area contributed by atoms with Gasteiger partial charge in [-0.15, -0.1) is 0 Å². The van der Waals surface area contributed by atoms with Crippen LogP contribution in [0.15, 0.2) is 23.1 Å². The van der Waals surface area contributed by atoms with E-state index in [9.17, 15) is 17.4 Å². The molecule has 2 unspecified atom stereocenters. The van der Waals surface area contributed by atoms with Crippen LogP contribution in [0.1, 0.15) is 11.1 Å². The summed E-state index contributed by atoms with van der Waals surface area (Å²) in [7, 11) is -1.68. The summed E-state index contributed by atoms with van der Waals surface area (Å²) < 4.78 is 49.5. The summed E-state index contributed by atoms with van der Waals surface area (Å²) in [5, 5.41) is 0. The number of nitrogens with two attached hydrogens (primary N) is 1. The Hall–Kier alpha value is -0.880. The predicted molar refractivity (Wildman–Crippen MR) is 65.8 cm³/mol. The zero-order valence-electron chi connectivity index (χ0n) is 10.3. The van der Waals surface area contributed by atoms with Gasteiger partial charge < -0.3 is 5.73 Å². The molecule has 18 heavy (non-hydrogen) atoms. The maximum atomic E-state index is 12.5. The molecule has 6 heteroatoms. The quantitative estimate of drug-likeness (QED) is 0.920. The molecule has 0 saturated heterocycles. The van der Waals surface area contributed by atoms with Crippen molar-refractivity contribution >= 4 is 10.8 Å². The lowest BCUT2D eigenvalue weighted by molar-refractivity contribution is -0.165. The van der Waals surface area contributed by atoms with Crippen molar-refractivity contribution in [3.63, 3.8) is 0 Å². The Balaban J connectivity index is 2.85. The fourth-order valence-electron chi connectivity index (χ4n) is 1.43. The minimum atomic E-state index is -4.40. The number of halogens is 3. The first-order chi connectivity index (χ1) is 8.25. The van der Waals surface area contributed by atoms with Crippen LogP contribution in [0.2, 0.25) is 0 Å². The van der Waals surface area contributed by atoms with E-state index in [0.717, 1.165) is 11.1 Å². The molecule has 2 atom stereocenters. The Labute approximate surface area is 107 Å². The van der Waals surface area contributed by atoms with Gasteiger partial charge in [-0.2, -0.15) is 13.2 Å². The van der Waals surface area contributed by atoms with Gasteiger partial charge in [0.2, 0.25) is 0 Å². The van der Waals surface area contributed by atoms with E-state index in [2.05, 4.69) is 0 Å². The molecule has 0 heterocycles. The van der Waals surface area contributed by atoms with Gasteiger partial charge in [-0.25, -0.2) is 0 Å². The van der Waals surface area contributed by atoms with Crippen LogP contribution in [0.3, 0.4) is 0 Å². The largest absolute Gasteiger partial charge is 0.393 e. The Bertz CT molecular complexity index is 445. The number of rotatable bonds is 4. The third-order valence-corrected chi connectivity index (χ3v) is 4.33. The lowest BCUT2D eigenvalue weighted by atomic mass is 10.1. The second-order valence-corrected chi connectivity index (χ2v) is 5.73. The smallest absolute Gasteiger partial charge is 0.330 e. The molecule has 1 rings (SSSR count). The van der Waals surface area contributed by atoms with E-state index < -0.39 is 35.2 Å². The minimum Gasteiger partial charge on any atom is -0.330 e. The number of alkyl halides is 3. The molecule has 0 aliphatic rings. The summed E-state index contributed by atoms with van der Waals surface area (Å²) >= 11 is 0. The minimum absolute atomic E-state index is 0.417. The van der Waals surface area contributed by atoms with E-state index in [-0.39, 0.29) is 0 Å². The highest BCUT2D eigenvalue weighted by molar-refractivity contribution is 7.85. The summed E-state index contributed by atoms with van der Waals surface area (Å²) in [5.74, 6) is -2.21. The molecule has 1 aromatic rings. The van der Waals surface area contributed by atoms with E-state index in [1.165, 1.54) is 0 Å². The Kier molecular flexibility index (Phi) is 4.92. The van der Waals surface area contributed by atoms with Gasteiger partial charge in [0.05, 0.1) is 16.7 Å². The molecular weight excluding hydrogens is 263 g/mol. The molecule has 102 valence electrons. The van der Waals surface area contributed by atoms with E-state index in [1.54, 1.807) is 18.2 Å². The molecule has 0 aliphatic heterocycles. The van der Waals surface area contributed by atoms with E-state index in [1.807, 2.05) is 13.8 Å². The fourth-order valence-corrected chi connectivity index (χ4v) is 2.84. The average molecular weight is 279 g/mol. The predicted octanol–water partition coefficient (Wildman–Crippen LogP) is 2.55. The molecule has 0 saturated carbocycles. The van der Waals surface area contributed by atoms with Gasteiger partial charge in [0.15, 0.2) is 0 Å². The van der Waals surface area contributed by atoms with Crippen LogP contribution in [0, 0.1) is 19.8 Å². The summed E-state index contributed by atoms with van der Waals surface area (Å²) in [4.78, 5) is 0.417. The number of hydrogen-bond donors (Lipinski definition) is 1. The van der Waals surface area contributed by atoms with Crippen molar-refractivity contribution in [3.05, 3.63) is 29.3 Å². The Morgan fingerprint density at radius 3 is 2.33 bits per heavy atom. The highest BCUT2D eigenvalue weighted by Crippen LogP contribution is 2.27. The van der Waals surface area contributed by atoms with Gasteiger partial charge in [0, 0.05) is 17.2 Å². The first kappa shape index (κ1) is 15.2. The standard InChI is InChI=1S/C12H16F3NOS/c1-8-3-4-11(5-9(8)2)18(17)7-10(6-16)12(13,14)15/h3-5,10H,6-7,16H2,1-2H3. The molecule has 0 spiro atoms. The summed E-state index contributed by atoms with van der Waals surface area (Å²) in [6.45, 7) is 3.18. The average Bonchev–Trinajstić information content (AvgIpc) is 2.27. The van der Waals surface area contributed by atoms with Crippen LogP contribution < -0.4 is 5.73 Å². The van der Waals surface area contributed by atoms with Crippen LogP contribution in [0.5, 0.6) is 0 Å². The zero-order chi connectivity index (χ0) is 13.9. The molecular formula is C12H16F3NOS. The molecule has 2 N–H and O–H groups in total. The van der Waals surface area contributed by atoms with Crippen LogP contribution in [-0.2, 0) is 10.8 Å². The monoisotopic (exact) mass is 279 g/mol.